The van der Waals surface area contributed by atoms with Crippen LogP contribution in [0.3, 0.4) is 0 Å². The summed E-state index contributed by atoms with van der Waals surface area (Å²) in [5.41, 5.74) is 1.35. The van der Waals surface area contributed by atoms with E-state index in [0.717, 1.165) is 5.56 Å². The van der Waals surface area contributed by atoms with Gasteiger partial charge in [0.05, 0.1) is 5.52 Å². The molecule has 3 rings (SSSR count). The summed E-state index contributed by atoms with van der Waals surface area (Å²) in [6, 6.07) is 16.2. The second kappa shape index (κ2) is 5.85. The molecule has 0 unspecified atom stereocenters. The van der Waals surface area contributed by atoms with E-state index in [1.54, 1.807) is 18.2 Å². The monoisotopic (exact) mass is 293 g/mol. The number of nitrogens with zero attached hydrogens (tertiary/aromatic N) is 1. The molecule has 0 amide bonds. The van der Waals surface area contributed by atoms with Gasteiger partial charge in [-0.3, -0.25) is 9.59 Å². The third-order valence-electron chi connectivity index (χ3n) is 3.34. The number of fused-ring (bicyclic) bond motifs is 1. The molecule has 2 aromatic carbocycles. The number of carbonyl (C=O) groups is 2. The average Bonchev–Trinajstić information content (AvgIpc) is 2.54. The van der Waals surface area contributed by atoms with E-state index >= 15 is 0 Å². The molecule has 0 radical (unpaired) electrons. The van der Waals surface area contributed by atoms with Crippen LogP contribution >= 0.6 is 0 Å². The molecule has 0 aliphatic heterocycles. The van der Waals surface area contributed by atoms with Crippen molar-refractivity contribution >= 4 is 22.5 Å². The van der Waals surface area contributed by atoms with Gasteiger partial charge >= 0.3 is 0 Å². The van der Waals surface area contributed by atoms with E-state index in [1.165, 1.54) is 24.3 Å². The van der Waals surface area contributed by atoms with Gasteiger partial charge in [-0.05, 0) is 29.8 Å². The van der Waals surface area contributed by atoms with Crippen LogP contribution < -0.4 is 0 Å². The first-order valence-corrected chi connectivity index (χ1v) is 6.81. The van der Waals surface area contributed by atoms with E-state index in [2.05, 4.69) is 4.98 Å². The maximum absolute atomic E-state index is 13.1. The van der Waals surface area contributed by atoms with Crippen molar-refractivity contribution in [1.29, 1.82) is 0 Å². The Balaban J connectivity index is 1.85. The molecule has 3 aromatic rings. The summed E-state index contributed by atoms with van der Waals surface area (Å²) in [5, 5.41) is 0.590. The minimum Gasteiger partial charge on any atom is -0.290 e. The van der Waals surface area contributed by atoms with Crippen LogP contribution in [0.25, 0.3) is 10.9 Å². The summed E-state index contributed by atoms with van der Waals surface area (Å²) in [6.45, 7) is 0. The first-order chi connectivity index (χ1) is 10.6. The van der Waals surface area contributed by atoms with Crippen LogP contribution in [0.15, 0.2) is 60.7 Å². The molecule has 4 heteroatoms. The van der Waals surface area contributed by atoms with E-state index in [1.807, 2.05) is 18.2 Å². The third-order valence-corrected chi connectivity index (χ3v) is 3.34. The standard InChI is InChI=1S/C18H12FNO2/c19-14-7-9-15-13(11-14)6-8-16(20-15)18(22)17(21)10-12-4-2-1-3-5-12/h1-9,11H,10H2. The normalized spacial score (nSPS) is 10.6. The molecule has 0 N–H and O–H groups in total. The quantitative estimate of drug-likeness (QED) is 0.547. The zero-order valence-corrected chi connectivity index (χ0v) is 11.6. The van der Waals surface area contributed by atoms with Gasteiger partial charge in [0.1, 0.15) is 11.5 Å². The van der Waals surface area contributed by atoms with Crippen molar-refractivity contribution in [2.75, 3.05) is 0 Å². The van der Waals surface area contributed by atoms with Gasteiger partial charge in [-0.1, -0.05) is 36.4 Å². The van der Waals surface area contributed by atoms with Crippen LogP contribution in [0.2, 0.25) is 0 Å². The number of halogens is 1. The summed E-state index contributed by atoms with van der Waals surface area (Å²) in [5.74, 6) is -1.51. The van der Waals surface area contributed by atoms with Crippen molar-refractivity contribution in [3.63, 3.8) is 0 Å². The van der Waals surface area contributed by atoms with Gasteiger partial charge in [0.2, 0.25) is 11.6 Å². The molecule has 0 atom stereocenters. The lowest BCUT2D eigenvalue weighted by atomic mass is 10.0. The first kappa shape index (κ1) is 14.1. The molecule has 0 spiro atoms. The lowest BCUT2D eigenvalue weighted by Crippen LogP contribution is -2.17. The lowest BCUT2D eigenvalue weighted by Gasteiger charge is -2.03. The zero-order valence-electron chi connectivity index (χ0n) is 11.6. The Kier molecular flexibility index (Phi) is 3.74. The maximum Gasteiger partial charge on any atom is 0.247 e. The number of hydrogen-bond donors (Lipinski definition) is 0. The molecular weight excluding hydrogens is 281 g/mol. The molecule has 22 heavy (non-hydrogen) atoms. The Labute approximate surface area is 126 Å². The zero-order chi connectivity index (χ0) is 15.5. The van der Waals surface area contributed by atoms with Gasteiger partial charge < -0.3 is 0 Å². The molecule has 1 heterocycles. The molecule has 3 nitrogen and oxygen atoms in total. The van der Waals surface area contributed by atoms with E-state index in [4.69, 9.17) is 0 Å². The summed E-state index contributed by atoms with van der Waals surface area (Å²) < 4.78 is 13.1. The van der Waals surface area contributed by atoms with E-state index < -0.39 is 11.6 Å². The molecular formula is C18H12FNO2. The Morgan fingerprint density at radius 3 is 2.50 bits per heavy atom. The number of hydrogen-bond acceptors (Lipinski definition) is 3. The van der Waals surface area contributed by atoms with Crippen LogP contribution in [0.5, 0.6) is 0 Å². The summed E-state index contributed by atoms with van der Waals surface area (Å²) in [4.78, 5) is 28.4. The summed E-state index contributed by atoms with van der Waals surface area (Å²) in [6.07, 6.45) is 0.0445. The average molecular weight is 293 g/mol. The smallest absolute Gasteiger partial charge is 0.247 e. The maximum atomic E-state index is 13.1. The van der Waals surface area contributed by atoms with Gasteiger partial charge in [-0.15, -0.1) is 0 Å². The van der Waals surface area contributed by atoms with Crippen LogP contribution in [-0.2, 0) is 11.2 Å². The minimum atomic E-state index is -0.630. The van der Waals surface area contributed by atoms with Gasteiger partial charge in [0, 0.05) is 11.8 Å². The van der Waals surface area contributed by atoms with Crippen LogP contribution in [0.1, 0.15) is 16.1 Å². The Hall–Kier alpha value is -2.88. The van der Waals surface area contributed by atoms with Crippen molar-refractivity contribution in [2.45, 2.75) is 6.42 Å². The van der Waals surface area contributed by atoms with Gasteiger partial charge in [-0.25, -0.2) is 9.37 Å². The van der Waals surface area contributed by atoms with E-state index in [-0.39, 0.29) is 17.9 Å². The largest absolute Gasteiger partial charge is 0.290 e. The van der Waals surface area contributed by atoms with Crippen LogP contribution in [-0.4, -0.2) is 16.6 Å². The highest BCUT2D eigenvalue weighted by Crippen LogP contribution is 2.15. The third kappa shape index (κ3) is 2.91. The molecule has 0 aliphatic carbocycles. The van der Waals surface area contributed by atoms with Gasteiger partial charge in [0.15, 0.2) is 0 Å². The Morgan fingerprint density at radius 1 is 0.955 bits per heavy atom. The molecule has 0 bridgehead atoms. The highest BCUT2D eigenvalue weighted by molar-refractivity contribution is 6.43. The SMILES string of the molecule is O=C(Cc1ccccc1)C(=O)c1ccc2cc(F)ccc2n1. The fourth-order valence-corrected chi connectivity index (χ4v) is 2.23. The highest BCUT2D eigenvalue weighted by Gasteiger charge is 2.18. The predicted octanol–water partition coefficient (Wildman–Crippen LogP) is 3.37. The summed E-state index contributed by atoms with van der Waals surface area (Å²) in [7, 11) is 0. The summed E-state index contributed by atoms with van der Waals surface area (Å²) >= 11 is 0. The molecule has 0 saturated heterocycles. The van der Waals surface area contributed by atoms with Gasteiger partial charge in [0.25, 0.3) is 0 Å². The number of rotatable bonds is 4. The first-order valence-electron chi connectivity index (χ1n) is 6.81. The molecule has 1 aromatic heterocycles. The number of Topliss-reactive ketones (excluding diaryl/α,β-unsaturated/α-hetero) is 2. The van der Waals surface area contributed by atoms with Crippen molar-refractivity contribution in [3.05, 3.63) is 77.7 Å². The number of ketones is 2. The van der Waals surface area contributed by atoms with Gasteiger partial charge in [-0.2, -0.15) is 0 Å². The van der Waals surface area contributed by atoms with Crippen molar-refractivity contribution in [3.8, 4) is 0 Å². The fraction of sp³-hybridized carbons (Fsp3) is 0.0556. The number of benzene rings is 2. The minimum absolute atomic E-state index is 0.0445. The van der Waals surface area contributed by atoms with Crippen molar-refractivity contribution in [2.24, 2.45) is 0 Å². The van der Waals surface area contributed by atoms with Crippen molar-refractivity contribution < 1.29 is 14.0 Å². The fourth-order valence-electron chi connectivity index (χ4n) is 2.23. The number of pyridine rings is 1. The molecule has 108 valence electrons. The van der Waals surface area contributed by atoms with Crippen LogP contribution in [0.4, 0.5) is 4.39 Å². The lowest BCUT2D eigenvalue weighted by molar-refractivity contribution is -0.114. The number of carbonyl (C=O) groups excluding carboxylic acids is 2. The predicted molar refractivity (Wildman–Crippen MR) is 81.2 cm³/mol. The highest BCUT2D eigenvalue weighted by atomic mass is 19.1. The van der Waals surface area contributed by atoms with Crippen molar-refractivity contribution in [1.82, 2.24) is 4.98 Å². The van der Waals surface area contributed by atoms with Crippen LogP contribution in [0, 0.1) is 5.82 Å². The Morgan fingerprint density at radius 2 is 1.73 bits per heavy atom. The Bertz CT molecular complexity index is 859. The van der Waals surface area contributed by atoms with E-state index in [9.17, 15) is 14.0 Å². The molecule has 0 saturated carbocycles. The molecule has 0 fully saturated rings. The molecule has 0 aliphatic rings. The second-order valence-electron chi connectivity index (χ2n) is 4.95. The van der Waals surface area contributed by atoms with E-state index in [0.29, 0.717) is 10.9 Å². The number of aromatic nitrogens is 1. The second-order valence-corrected chi connectivity index (χ2v) is 4.95. The topological polar surface area (TPSA) is 47.0 Å².